The van der Waals surface area contributed by atoms with Gasteiger partial charge in [-0.3, -0.25) is 14.5 Å². The van der Waals surface area contributed by atoms with E-state index in [2.05, 4.69) is 4.98 Å². The summed E-state index contributed by atoms with van der Waals surface area (Å²) in [5.41, 5.74) is 3.49. The number of thiazole rings is 1. The van der Waals surface area contributed by atoms with E-state index in [9.17, 15) is 9.59 Å². The lowest BCUT2D eigenvalue weighted by Gasteiger charge is -2.18. The van der Waals surface area contributed by atoms with Crippen LogP contribution in [-0.4, -0.2) is 16.9 Å². The minimum atomic E-state index is -0.297. The van der Waals surface area contributed by atoms with E-state index in [1.54, 1.807) is 4.90 Å². The standard InChI is InChI=1S/C27H24N2O3S/c1-20(30)29(24-15-9-4-10-16-24)27-28-23(19-33-27)18-32-26(31)17-25(21-11-5-2-6-12-21)22-13-7-3-8-14-22/h2-16,19,25H,17-18H2,1H3. The van der Waals surface area contributed by atoms with Crippen molar-refractivity contribution in [3.8, 4) is 0 Å². The molecule has 0 aliphatic carbocycles. The minimum Gasteiger partial charge on any atom is -0.459 e. The van der Waals surface area contributed by atoms with Crippen LogP contribution in [0.2, 0.25) is 0 Å². The monoisotopic (exact) mass is 456 g/mol. The Morgan fingerprint density at radius 2 is 1.42 bits per heavy atom. The molecule has 0 bridgehead atoms. The van der Waals surface area contributed by atoms with E-state index in [1.165, 1.54) is 18.3 Å². The molecule has 1 aromatic heterocycles. The van der Waals surface area contributed by atoms with Crippen LogP contribution >= 0.6 is 11.3 Å². The van der Waals surface area contributed by atoms with Gasteiger partial charge >= 0.3 is 5.97 Å². The zero-order valence-electron chi connectivity index (χ0n) is 18.3. The number of rotatable bonds is 8. The van der Waals surface area contributed by atoms with Gasteiger partial charge in [0, 0.05) is 18.2 Å². The highest BCUT2D eigenvalue weighted by Gasteiger charge is 2.21. The Hall–Kier alpha value is -3.77. The minimum absolute atomic E-state index is 0.0617. The summed E-state index contributed by atoms with van der Waals surface area (Å²) in [6.07, 6.45) is 0.231. The summed E-state index contributed by atoms with van der Waals surface area (Å²) in [6.45, 7) is 1.56. The van der Waals surface area contributed by atoms with Crippen molar-refractivity contribution in [2.75, 3.05) is 4.90 Å². The van der Waals surface area contributed by atoms with Gasteiger partial charge in [-0.2, -0.15) is 0 Å². The third-order valence-corrected chi connectivity index (χ3v) is 6.09. The van der Waals surface area contributed by atoms with Crippen LogP contribution < -0.4 is 4.90 Å². The third kappa shape index (κ3) is 5.73. The number of amides is 1. The molecule has 0 aliphatic rings. The topological polar surface area (TPSA) is 59.5 Å². The molecular weight excluding hydrogens is 432 g/mol. The number of ether oxygens (including phenoxy) is 1. The number of hydrogen-bond acceptors (Lipinski definition) is 5. The lowest BCUT2D eigenvalue weighted by atomic mass is 9.89. The molecule has 0 radical (unpaired) electrons. The van der Waals surface area contributed by atoms with E-state index in [4.69, 9.17) is 4.74 Å². The number of hydrogen-bond donors (Lipinski definition) is 0. The fourth-order valence-corrected chi connectivity index (χ4v) is 4.52. The summed E-state index contributed by atoms with van der Waals surface area (Å²) in [7, 11) is 0. The van der Waals surface area contributed by atoms with Crippen LogP contribution in [-0.2, 0) is 20.9 Å². The van der Waals surface area contributed by atoms with Crippen molar-refractivity contribution >= 4 is 34.0 Å². The first-order chi connectivity index (χ1) is 16.1. The van der Waals surface area contributed by atoms with E-state index >= 15 is 0 Å². The lowest BCUT2D eigenvalue weighted by Crippen LogP contribution is -2.22. The molecule has 166 valence electrons. The first-order valence-electron chi connectivity index (χ1n) is 10.7. The Morgan fingerprint density at radius 1 is 0.879 bits per heavy atom. The second kappa shape index (κ2) is 10.7. The van der Waals surface area contributed by atoms with Crippen molar-refractivity contribution in [1.82, 2.24) is 4.98 Å². The molecule has 0 saturated carbocycles. The van der Waals surface area contributed by atoms with Gasteiger partial charge in [0.2, 0.25) is 5.91 Å². The SMILES string of the molecule is CC(=O)N(c1ccccc1)c1nc(COC(=O)CC(c2ccccc2)c2ccccc2)cs1. The quantitative estimate of drug-likeness (QED) is 0.301. The molecule has 33 heavy (non-hydrogen) atoms. The van der Waals surface area contributed by atoms with Gasteiger partial charge in [-0.05, 0) is 23.3 Å². The summed E-state index contributed by atoms with van der Waals surface area (Å²) >= 11 is 1.34. The van der Waals surface area contributed by atoms with Crippen molar-refractivity contribution in [3.05, 3.63) is 113 Å². The second-order valence-corrected chi connectivity index (χ2v) is 8.39. The molecule has 1 heterocycles. The molecule has 0 saturated heterocycles. The Balaban J connectivity index is 1.43. The Labute approximate surface area is 197 Å². The Bertz CT molecular complexity index is 1150. The van der Waals surface area contributed by atoms with Crippen LogP contribution in [0.3, 0.4) is 0 Å². The lowest BCUT2D eigenvalue weighted by molar-refractivity contribution is -0.145. The third-order valence-electron chi connectivity index (χ3n) is 5.22. The van der Waals surface area contributed by atoms with Crippen molar-refractivity contribution < 1.29 is 14.3 Å². The van der Waals surface area contributed by atoms with E-state index in [-0.39, 0.29) is 30.8 Å². The molecule has 1 amide bonds. The van der Waals surface area contributed by atoms with Crippen LogP contribution in [0.1, 0.15) is 36.1 Å². The van der Waals surface area contributed by atoms with Crippen LogP contribution in [0.4, 0.5) is 10.8 Å². The maximum absolute atomic E-state index is 12.7. The van der Waals surface area contributed by atoms with Gasteiger partial charge in [-0.15, -0.1) is 11.3 Å². The average molecular weight is 457 g/mol. The van der Waals surface area contributed by atoms with Crippen LogP contribution in [0.15, 0.2) is 96.4 Å². The Kier molecular flexibility index (Phi) is 7.27. The molecule has 0 unspecified atom stereocenters. The number of anilines is 2. The highest BCUT2D eigenvalue weighted by Crippen LogP contribution is 2.30. The average Bonchev–Trinajstić information content (AvgIpc) is 3.31. The highest BCUT2D eigenvalue weighted by molar-refractivity contribution is 7.14. The molecule has 5 nitrogen and oxygen atoms in total. The molecule has 3 aromatic carbocycles. The van der Waals surface area contributed by atoms with Crippen molar-refractivity contribution in [2.24, 2.45) is 0 Å². The Morgan fingerprint density at radius 3 is 1.97 bits per heavy atom. The number of esters is 1. The molecule has 0 aliphatic heterocycles. The van der Waals surface area contributed by atoms with Gasteiger partial charge < -0.3 is 4.74 Å². The summed E-state index contributed by atoms with van der Waals surface area (Å²) in [4.78, 5) is 31.0. The highest BCUT2D eigenvalue weighted by atomic mass is 32.1. The van der Waals surface area contributed by atoms with Gasteiger partial charge in [0.1, 0.15) is 6.61 Å². The maximum Gasteiger partial charge on any atom is 0.307 e. The summed E-state index contributed by atoms with van der Waals surface area (Å²) in [6, 6.07) is 29.3. The largest absolute Gasteiger partial charge is 0.459 e. The second-order valence-electron chi connectivity index (χ2n) is 7.55. The molecule has 0 N–H and O–H groups in total. The predicted molar refractivity (Wildman–Crippen MR) is 131 cm³/mol. The van der Waals surface area contributed by atoms with Gasteiger partial charge in [0.25, 0.3) is 0 Å². The van der Waals surface area contributed by atoms with Gasteiger partial charge in [-0.1, -0.05) is 78.9 Å². The van der Waals surface area contributed by atoms with Crippen LogP contribution in [0, 0.1) is 0 Å². The van der Waals surface area contributed by atoms with Crippen molar-refractivity contribution in [1.29, 1.82) is 0 Å². The zero-order chi connectivity index (χ0) is 23.0. The van der Waals surface area contributed by atoms with Crippen molar-refractivity contribution in [2.45, 2.75) is 25.9 Å². The first-order valence-corrected chi connectivity index (χ1v) is 11.6. The fourth-order valence-electron chi connectivity index (χ4n) is 3.65. The van der Waals surface area contributed by atoms with E-state index in [0.29, 0.717) is 10.8 Å². The normalized spacial score (nSPS) is 10.7. The smallest absolute Gasteiger partial charge is 0.307 e. The van der Waals surface area contributed by atoms with Crippen molar-refractivity contribution in [3.63, 3.8) is 0 Å². The molecule has 0 fully saturated rings. The number of aromatic nitrogens is 1. The maximum atomic E-state index is 12.7. The fraction of sp³-hybridized carbons (Fsp3) is 0.148. The summed E-state index contributed by atoms with van der Waals surface area (Å²) < 4.78 is 5.56. The number of nitrogens with zero attached hydrogens (tertiary/aromatic N) is 2. The molecule has 4 rings (SSSR count). The van der Waals surface area contributed by atoms with Gasteiger partial charge in [0.05, 0.1) is 17.8 Å². The van der Waals surface area contributed by atoms with Crippen LogP contribution in [0.25, 0.3) is 0 Å². The number of para-hydroxylation sites is 1. The van der Waals surface area contributed by atoms with E-state index in [1.807, 2.05) is 96.4 Å². The number of carbonyl (C=O) groups is 2. The number of carbonyl (C=O) groups excluding carboxylic acids is 2. The van der Waals surface area contributed by atoms with Gasteiger partial charge in [0.15, 0.2) is 5.13 Å². The van der Waals surface area contributed by atoms with Crippen LogP contribution in [0.5, 0.6) is 0 Å². The molecule has 0 atom stereocenters. The van der Waals surface area contributed by atoms with E-state index < -0.39 is 0 Å². The van der Waals surface area contributed by atoms with Gasteiger partial charge in [-0.25, -0.2) is 4.98 Å². The molecule has 4 aromatic rings. The molecular formula is C27H24N2O3S. The van der Waals surface area contributed by atoms with E-state index in [0.717, 1.165) is 16.8 Å². The molecule has 6 heteroatoms. The first kappa shape index (κ1) is 22.4. The zero-order valence-corrected chi connectivity index (χ0v) is 19.1. The number of benzene rings is 3. The molecule has 0 spiro atoms. The summed E-state index contributed by atoms with van der Waals surface area (Å²) in [5, 5.41) is 2.36. The summed E-state index contributed by atoms with van der Waals surface area (Å²) in [5.74, 6) is -0.515. The predicted octanol–water partition coefficient (Wildman–Crippen LogP) is 6.09.